The van der Waals surface area contributed by atoms with Gasteiger partial charge in [-0.2, -0.15) is 0 Å². The molecule has 3 aromatic rings. The Morgan fingerprint density at radius 1 is 1.11 bits per heavy atom. The Balaban J connectivity index is 1.83. The van der Waals surface area contributed by atoms with Gasteiger partial charge in [-0.05, 0) is 37.0 Å². The highest BCUT2D eigenvalue weighted by Crippen LogP contribution is 2.44. The van der Waals surface area contributed by atoms with Gasteiger partial charge >= 0.3 is 5.91 Å². The predicted molar refractivity (Wildman–Crippen MR) is 136 cm³/mol. The number of thiazole rings is 1. The van der Waals surface area contributed by atoms with Crippen LogP contribution in [0.2, 0.25) is 0 Å². The molecular weight excluding hydrogens is 464 g/mol. The van der Waals surface area contributed by atoms with Gasteiger partial charge in [0.1, 0.15) is 5.76 Å². The molecule has 1 aromatic heterocycles. The van der Waals surface area contributed by atoms with Crippen LogP contribution in [0, 0.1) is 5.92 Å². The summed E-state index contributed by atoms with van der Waals surface area (Å²) in [6.07, 6.45) is 2.47. The number of aliphatic hydroxyl groups excluding tert-OH is 1. The zero-order valence-electron chi connectivity index (χ0n) is 19.9. The second-order valence-electron chi connectivity index (χ2n) is 8.52. The number of carbonyl (C=O) groups excluding carboxylic acids is 2. The van der Waals surface area contributed by atoms with Crippen LogP contribution in [0.25, 0.3) is 5.76 Å². The molecule has 4 rings (SSSR count). The fourth-order valence-electron chi connectivity index (χ4n) is 3.92. The number of nitrogens with zero attached hydrogens (tertiary/aromatic N) is 2. The minimum absolute atomic E-state index is 0.00678. The lowest BCUT2D eigenvalue weighted by molar-refractivity contribution is -0.132. The smallest absolute Gasteiger partial charge is 0.301 e. The van der Waals surface area contributed by atoms with Crippen molar-refractivity contribution >= 4 is 33.9 Å². The third-order valence-corrected chi connectivity index (χ3v) is 6.42. The molecule has 2 heterocycles. The van der Waals surface area contributed by atoms with Crippen LogP contribution in [-0.4, -0.2) is 35.0 Å². The van der Waals surface area contributed by atoms with E-state index in [0.717, 1.165) is 6.42 Å². The molecule has 1 fully saturated rings. The first kappa shape index (κ1) is 24.5. The number of ketones is 1. The van der Waals surface area contributed by atoms with E-state index in [-0.39, 0.29) is 11.3 Å². The van der Waals surface area contributed by atoms with Crippen molar-refractivity contribution in [1.82, 2.24) is 4.98 Å². The number of anilines is 1. The van der Waals surface area contributed by atoms with Crippen LogP contribution in [0.3, 0.4) is 0 Å². The minimum atomic E-state index is -0.870. The lowest BCUT2D eigenvalue weighted by Crippen LogP contribution is -2.29. The molecule has 0 bridgehead atoms. The van der Waals surface area contributed by atoms with Crippen molar-refractivity contribution in [2.24, 2.45) is 5.92 Å². The summed E-state index contributed by atoms with van der Waals surface area (Å²) in [7, 11) is 0. The molecule has 1 aliphatic heterocycles. The predicted octanol–water partition coefficient (Wildman–Crippen LogP) is 5.59. The van der Waals surface area contributed by atoms with Crippen molar-refractivity contribution in [3.05, 3.63) is 76.8 Å². The number of aliphatic hydroxyl groups is 1. The molecule has 0 radical (unpaired) electrons. The van der Waals surface area contributed by atoms with E-state index >= 15 is 0 Å². The van der Waals surface area contributed by atoms with Crippen LogP contribution in [0.4, 0.5) is 5.13 Å². The molecule has 2 aromatic carbocycles. The average molecular weight is 493 g/mol. The van der Waals surface area contributed by atoms with E-state index in [0.29, 0.717) is 46.9 Å². The summed E-state index contributed by atoms with van der Waals surface area (Å²) in [6.45, 7) is 7.10. The number of Topliss-reactive ketones (excluding diaryl/α,β-unsaturated/α-hetero) is 1. The average Bonchev–Trinajstić information content (AvgIpc) is 3.47. The fraction of sp³-hybridized carbons (Fsp3) is 0.296. The topological polar surface area (TPSA) is 89.0 Å². The summed E-state index contributed by atoms with van der Waals surface area (Å²) < 4.78 is 11.8. The van der Waals surface area contributed by atoms with Gasteiger partial charge in [0.25, 0.3) is 5.78 Å². The van der Waals surface area contributed by atoms with Crippen LogP contribution in [0.15, 0.2) is 65.7 Å². The van der Waals surface area contributed by atoms with Gasteiger partial charge in [0.05, 0.1) is 24.8 Å². The van der Waals surface area contributed by atoms with Gasteiger partial charge in [-0.1, -0.05) is 50.2 Å². The number of benzene rings is 2. The van der Waals surface area contributed by atoms with Crippen LogP contribution in [0.1, 0.15) is 44.4 Å². The summed E-state index contributed by atoms with van der Waals surface area (Å²) in [5.41, 5.74) is 1.07. The van der Waals surface area contributed by atoms with Gasteiger partial charge in [0.15, 0.2) is 16.6 Å². The minimum Gasteiger partial charge on any atom is -0.507 e. The molecule has 1 atom stereocenters. The highest BCUT2D eigenvalue weighted by atomic mass is 32.1. The third kappa shape index (κ3) is 5.07. The Bertz CT molecular complexity index is 1220. The van der Waals surface area contributed by atoms with Crippen LogP contribution in [-0.2, 0) is 9.59 Å². The summed E-state index contributed by atoms with van der Waals surface area (Å²) >= 11 is 1.25. The summed E-state index contributed by atoms with van der Waals surface area (Å²) in [4.78, 5) is 32.0. The Morgan fingerprint density at radius 2 is 1.89 bits per heavy atom. The zero-order valence-corrected chi connectivity index (χ0v) is 20.7. The van der Waals surface area contributed by atoms with Crippen molar-refractivity contribution in [2.75, 3.05) is 18.1 Å². The van der Waals surface area contributed by atoms with Crippen molar-refractivity contribution in [2.45, 2.75) is 33.2 Å². The van der Waals surface area contributed by atoms with Gasteiger partial charge in [-0.15, -0.1) is 11.3 Å². The summed E-state index contributed by atoms with van der Waals surface area (Å²) in [5, 5.41) is 13.3. The van der Waals surface area contributed by atoms with E-state index < -0.39 is 17.7 Å². The van der Waals surface area contributed by atoms with E-state index in [1.165, 1.54) is 16.2 Å². The highest BCUT2D eigenvalue weighted by Gasteiger charge is 2.48. The maximum Gasteiger partial charge on any atom is 0.301 e. The number of hydrogen-bond acceptors (Lipinski definition) is 7. The number of ether oxygens (including phenoxy) is 2. The normalized spacial score (nSPS) is 17.3. The molecule has 1 N–H and O–H groups in total. The maximum atomic E-state index is 13.2. The Labute approximate surface area is 208 Å². The van der Waals surface area contributed by atoms with Crippen molar-refractivity contribution in [3.8, 4) is 11.5 Å². The van der Waals surface area contributed by atoms with E-state index in [2.05, 4.69) is 18.8 Å². The molecule has 35 heavy (non-hydrogen) atoms. The van der Waals surface area contributed by atoms with E-state index in [1.807, 2.05) is 13.0 Å². The molecule has 182 valence electrons. The molecular formula is C27H28N2O5S. The monoisotopic (exact) mass is 492 g/mol. The van der Waals surface area contributed by atoms with Crippen molar-refractivity contribution < 1.29 is 24.2 Å². The SMILES string of the molecule is CCOc1cc(C2/C(=C(\O)c3ccccc3)C(=O)C(=O)N2c2nccs2)ccc1OCCC(C)C. The van der Waals surface area contributed by atoms with E-state index in [1.54, 1.807) is 54.0 Å². The Hall–Kier alpha value is -3.65. The quantitative estimate of drug-likeness (QED) is 0.238. The van der Waals surface area contributed by atoms with Gasteiger partial charge in [-0.25, -0.2) is 4.98 Å². The van der Waals surface area contributed by atoms with Gasteiger partial charge in [-0.3, -0.25) is 14.5 Å². The van der Waals surface area contributed by atoms with Crippen LogP contribution >= 0.6 is 11.3 Å². The first-order valence-electron chi connectivity index (χ1n) is 11.6. The molecule has 8 heteroatoms. The first-order valence-corrected chi connectivity index (χ1v) is 12.5. The second kappa shape index (κ2) is 10.7. The number of rotatable bonds is 9. The van der Waals surface area contributed by atoms with E-state index in [4.69, 9.17) is 9.47 Å². The van der Waals surface area contributed by atoms with Gasteiger partial charge in [0, 0.05) is 17.1 Å². The molecule has 0 saturated carbocycles. The maximum absolute atomic E-state index is 13.2. The summed E-state index contributed by atoms with van der Waals surface area (Å²) in [5.74, 6) is -0.132. The van der Waals surface area contributed by atoms with Crippen molar-refractivity contribution in [1.29, 1.82) is 0 Å². The highest BCUT2D eigenvalue weighted by molar-refractivity contribution is 7.14. The Kier molecular flexibility index (Phi) is 7.51. The first-order chi connectivity index (χ1) is 16.9. The lowest BCUT2D eigenvalue weighted by Gasteiger charge is -2.24. The molecule has 1 saturated heterocycles. The fourth-order valence-corrected chi connectivity index (χ4v) is 4.59. The molecule has 0 aliphatic carbocycles. The molecule has 1 aliphatic rings. The van der Waals surface area contributed by atoms with Crippen LogP contribution in [0.5, 0.6) is 11.5 Å². The van der Waals surface area contributed by atoms with Crippen LogP contribution < -0.4 is 14.4 Å². The summed E-state index contributed by atoms with van der Waals surface area (Å²) in [6, 6.07) is 13.2. The zero-order chi connectivity index (χ0) is 24.9. The second-order valence-corrected chi connectivity index (χ2v) is 9.39. The number of carbonyl (C=O) groups is 2. The molecule has 0 spiro atoms. The standard InChI is InChI=1S/C27H28N2O5S/c1-4-33-21-16-19(10-11-20(21)34-14-12-17(2)3)23-22(24(30)18-8-6-5-7-9-18)25(31)26(32)29(23)27-28-13-15-35-27/h5-11,13,15-17,23,30H,4,12,14H2,1-3H3/b24-22+. The van der Waals surface area contributed by atoms with E-state index in [9.17, 15) is 14.7 Å². The Morgan fingerprint density at radius 3 is 2.54 bits per heavy atom. The third-order valence-electron chi connectivity index (χ3n) is 5.65. The number of hydrogen-bond donors (Lipinski definition) is 1. The molecule has 7 nitrogen and oxygen atoms in total. The molecule has 1 unspecified atom stereocenters. The van der Waals surface area contributed by atoms with Gasteiger partial charge in [0.2, 0.25) is 0 Å². The number of aromatic nitrogens is 1. The lowest BCUT2D eigenvalue weighted by atomic mass is 9.95. The van der Waals surface area contributed by atoms with Gasteiger partial charge < -0.3 is 14.6 Å². The van der Waals surface area contributed by atoms with Crippen molar-refractivity contribution in [3.63, 3.8) is 0 Å². The largest absolute Gasteiger partial charge is 0.507 e. The number of amides is 1. The molecule has 1 amide bonds.